The summed E-state index contributed by atoms with van der Waals surface area (Å²) in [4.78, 5) is 26.3. The van der Waals surface area contributed by atoms with Crippen LogP contribution in [0.3, 0.4) is 0 Å². The predicted molar refractivity (Wildman–Crippen MR) is 129 cm³/mol. The zero-order valence-electron chi connectivity index (χ0n) is 19.0. The average Bonchev–Trinajstić information content (AvgIpc) is 3.35. The number of nitrogens with zero attached hydrogens (tertiary/aromatic N) is 2. The summed E-state index contributed by atoms with van der Waals surface area (Å²) in [6.07, 6.45) is 0. The summed E-state index contributed by atoms with van der Waals surface area (Å²) in [5, 5.41) is 8.25. The predicted octanol–water partition coefficient (Wildman–Crippen LogP) is 4.88. The Kier molecular flexibility index (Phi) is 6.46. The molecule has 2 heterocycles. The standard InChI is InChI=1S/C25H25N3O4S/c1-15-5-8-18(9-6-15)13-28-24-19(17(3)27-28)12-22(33-24)25(30)32-14-23(29)26-20-11-16(2)7-10-21(20)31-4/h5-12H,13-14H2,1-4H3,(H,26,29). The van der Waals surface area contributed by atoms with Crippen LogP contribution in [0.15, 0.2) is 48.5 Å². The normalized spacial score (nSPS) is 10.9. The van der Waals surface area contributed by atoms with Gasteiger partial charge in [0.15, 0.2) is 6.61 Å². The summed E-state index contributed by atoms with van der Waals surface area (Å²) in [5.74, 6) is -0.433. The number of fused-ring (bicyclic) bond motifs is 1. The van der Waals surface area contributed by atoms with Gasteiger partial charge in [-0.1, -0.05) is 35.9 Å². The topological polar surface area (TPSA) is 82.4 Å². The molecule has 0 atom stereocenters. The van der Waals surface area contributed by atoms with Gasteiger partial charge in [0, 0.05) is 5.39 Å². The van der Waals surface area contributed by atoms with Gasteiger partial charge < -0.3 is 14.8 Å². The maximum atomic E-state index is 12.6. The number of carbonyl (C=O) groups excluding carboxylic acids is 2. The number of aromatic nitrogens is 2. The maximum absolute atomic E-state index is 12.6. The molecule has 0 saturated heterocycles. The average molecular weight is 464 g/mol. The molecule has 170 valence electrons. The molecule has 4 rings (SSSR count). The molecule has 0 radical (unpaired) electrons. The molecule has 0 saturated carbocycles. The van der Waals surface area contributed by atoms with Crippen LogP contribution in [0, 0.1) is 20.8 Å². The van der Waals surface area contributed by atoms with Gasteiger partial charge in [-0.15, -0.1) is 11.3 Å². The van der Waals surface area contributed by atoms with Gasteiger partial charge >= 0.3 is 5.97 Å². The first-order chi connectivity index (χ1) is 15.8. The lowest BCUT2D eigenvalue weighted by Crippen LogP contribution is -2.21. The van der Waals surface area contributed by atoms with E-state index in [-0.39, 0.29) is 0 Å². The van der Waals surface area contributed by atoms with E-state index in [0.29, 0.717) is 22.9 Å². The van der Waals surface area contributed by atoms with Crippen molar-refractivity contribution in [1.82, 2.24) is 9.78 Å². The van der Waals surface area contributed by atoms with Crippen molar-refractivity contribution in [3.63, 3.8) is 0 Å². The van der Waals surface area contributed by atoms with E-state index in [9.17, 15) is 9.59 Å². The Morgan fingerprint density at radius 1 is 1.03 bits per heavy atom. The van der Waals surface area contributed by atoms with E-state index in [1.54, 1.807) is 18.2 Å². The zero-order chi connectivity index (χ0) is 23.5. The zero-order valence-corrected chi connectivity index (χ0v) is 19.8. The Balaban J connectivity index is 1.43. The highest BCUT2D eigenvalue weighted by molar-refractivity contribution is 7.20. The number of hydrogen-bond acceptors (Lipinski definition) is 6. The van der Waals surface area contributed by atoms with E-state index in [1.165, 1.54) is 24.0 Å². The Morgan fingerprint density at radius 3 is 2.48 bits per heavy atom. The SMILES string of the molecule is COc1ccc(C)cc1NC(=O)COC(=O)c1cc2c(C)nn(Cc3ccc(C)cc3)c2s1. The Hall–Kier alpha value is -3.65. The molecule has 0 spiro atoms. The van der Waals surface area contributed by atoms with Crippen LogP contribution in [0.5, 0.6) is 5.75 Å². The summed E-state index contributed by atoms with van der Waals surface area (Å²) in [7, 11) is 1.53. The summed E-state index contributed by atoms with van der Waals surface area (Å²) >= 11 is 1.31. The van der Waals surface area contributed by atoms with Crippen LogP contribution in [0.1, 0.15) is 32.1 Å². The molecule has 33 heavy (non-hydrogen) atoms. The fourth-order valence-electron chi connectivity index (χ4n) is 3.49. The van der Waals surface area contributed by atoms with Gasteiger partial charge in [-0.3, -0.25) is 9.48 Å². The number of thiophene rings is 1. The second-order valence-corrected chi connectivity index (χ2v) is 8.92. The van der Waals surface area contributed by atoms with Gasteiger partial charge in [-0.25, -0.2) is 4.79 Å². The first kappa shape index (κ1) is 22.5. The van der Waals surface area contributed by atoms with Crippen LogP contribution >= 0.6 is 11.3 Å². The third-order valence-corrected chi connectivity index (χ3v) is 6.35. The van der Waals surface area contributed by atoms with Crippen LogP contribution in [-0.2, 0) is 16.1 Å². The summed E-state index contributed by atoms with van der Waals surface area (Å²) in [6, 6.07) is 15.5. The molecule has 2 aromatic carbocycles. The van der Waals surface area contributed by atoms with E-state index < -0.39 is 18.5 Å². The number of nitrogens with one attached hydrogen (secondary N) is 1. The van der Waals surface area contributed by atoms with Crippen molar-refractivity contribution in [2.24, 2.45) is 0 Å². The van der Waals surface area contributed by atoms with Gasteiger partial charge in [0.05, 0.1) is 25.0 Å². The quantitative estimate of drug-likeness (QED) is 0.395. The number of hydrogen-bond donors (Lipinski definition) is 1. The van der Waals surface area contributed by atoms with Crippen molar-refractivity contribution >= 4 is 39.1 Å². The molecule has 1 N–H and O–H groups in total. The highest BCUT2D eigenvalue weighted by atomic mass is 32.1. The highest BCUT2D eigenvalue weighted by Gasteiger charge is 2.19. The molecule has 0 bridgehead atoms. The van der Waals surface area contributed by atoms with Crippen LogP contribution in [0.4, 0.5) is 5.69 Å². The van der Waals surface area contributed by atoms with E-state index in [1.807, 2.05) is 24.6 Å². The molecule has 0 aliphatic heterocycles. The molecule has 0 unspecified atom stereocenters. The molecule has 0 aliphatic rings. The lowest BCUT2D eigenvalue weighted by Gasteiger charge is -2.11. The van der Waals surface area contributed by atoms with Gasteiger partial charge in [-0.2, -0.15) is 5.10 Å². The van der Waals surface area contributed by atoms with Crippen LogP contribution < -0.4 is 10.1 Å². The van der Waals surface area contributed by atoms with Crippen molar-refractivity contribution in [3.05, 3.63) is 75.8 Å². The second-order valence-electron chi connectivity index (χ2n) is 7.89. The summed E-state index contributed by atoms with van der Waals surface area (Å²) in [6.45, 7) is 6.10. The Morgan fingerprint density at radius 2 is 1.76 bits per heavy atom. The van der Waals surface area contributed by atoms with Gasteiger partial charge in [0.2, 0.25) is 0 Å². The first-order valence-corrected chi connectivity index (χ1v) is 11.3. The number of methoxy groups -OCH3 is 1. The molecular weight excluding hydrogens is 438 g/mol. The lowest BCUT2D eigenvalue weighted by atomic mass is 10.1. The molecule has 8 heteroatoms. The van der Waals surface area contributed by atoms with Crippen molar-refractivity contribution in [3.8, 4) is 5.75 Å². The fraction of sp³-hybridized carbons (Fsp3) is 0.240. The first-order valence-electron chi connectivity index (χ1n) is 10.5. The number of amides is 1. The van der Waals surface area contributed by atoms with Crippen molar-refractivity contribution in [1.29, 1.82) is 0 Å². The van der Waals surface area contributed by atoms with E-state index >= 15 is 0 Å². The largest absolute Gasteiger partial charge is 0.495 e. The number of aryl methyl sites for hydroxylation is 3. The molecule has 4 aromatic rings. The van der Waals surface area contributed by atoms with E-state index in [0.717, 1.165) is 27.0 Å². The fourth-order valence-corrected chi connectivity index (χ4v) is 4.55. The lowest BCUT2D eigenvalue weighted by molar-refractivity contribution is -0.119. The summed E-state index contributed by atoms with van der Waals surface area (Å²) in [5.41, 5.74) is 4.68. The van der Waals surface area contributed by atoms with E-state index in [2.05, 4.69) is 41.6 Å². The van der Waals surface area contributed by atoms with Gasteiger partial charge in [0.25, 0.3) is 5.91 Å². The number of anilines is 1. The second kappa shape index (κ2) is 9.46. The smallest absolute Gasteiger partial charge is 0.348 e. The summed E-state index contributed by atoms with van der Waals surface area (Å²) < 4.78 is 12.4. The van der Waals surface area contributed by atoms with E-state index in [4.69, 9.17) is 9.47 Å². The van der Waals surface area contributed by atoms with Crippen molar-refractivity contribution < 1.29 is 19.1 Å². The van der Waals surface area contributed by atoms with Gasteiger partial charge in [0.1, 0.15) is 15.5 Å². The highest BCUT2D eigenvalue weighted by Crippen LogP contribution is 2.29. The molecule has 1 amide bonds. The van der Waals surface area contributed by atoms with Crippen LogP contribution in [-0.4, -0.2) is 35.4 Å². The maximum Gasteiger partial charge on any atom is 0.348 e. The number of ether oxygens (including phenoxy) is 2. The molecule has 7 nitrogen and oxygen atoms in total. The number of carbonyl (C=O) groups is 2. The minimum Gasteiger partial charge on any atom is -0.495 e. The number of esters is 1. The van der Waals surface area contributed by atoms with Crippen molar-refractivity contribution in [2.75, 3.05) is 19.0 Å². The van der Waals surface area contributed by atoms with Crippen LogP contribution in [0.2, 0.25) is 0 Å². The third-order valence-electron chi connectivity index (χ3n) is 5.22. The molecule has 0 aliphatic carbocycles. The number of rotatable bonds is 7. The minimum atomic E-state index is -0.538. The van der Waals surface area contributed by atoms with Crippen molar-refractivity contribution in [2.45, 2.75) is 27.3 Å². The van der Waals surface area contributed by atoms with Crippen LogP contribution in [0.25, 0.3) is 10.2 Å². The molecule has 0 fully saturated rings. The number of benzene rings is 2. The monoisotopic (exact) mass is 463 g/mol. The minimum absolute atomic E-state index is 0.390. The molecular formula is C25H25N3O4S. The van der Waals surface area contributed by atoms with Gasteiger partial charge in [-0.05, 0) is 50.1 Å². The Labute approximate surface area is 195 Å². The molecule has 2 aromatic heterocycles. The third kappa shape index (κ3) is 5.06. The Bertz CT molecular complexity index is 1320.